The van der Waals surface area contributed by atoms with E-state index in [0.717, 1.165) is 6.42 Å². The molecule has 0 unspecified atom stereocenters. The second kappa shape index (κ2) is 8.16. The van der Waals surface area contributed by atoms with Crippen LogP contribution in [0.3, 0.4) is 0 Å². The molecule has 1 atom stereocenters. The van der Waals surface area contributed by atoms with Gasteiger partial charge in [-0.25, -0.2) is 8.78 Å². The SMILES string of the molecule is CC(=O)N1CCC[C@@H]1C(=O)NCc1ccc(Oc2ccccc2F)c(F)c1. The summed E-state index contributed by atoms with van der Waals surface area (Å²) in [5.41, 5.74) is 0.536. The molecule has 0 aromatic heterocycles. The molecular weight excluding hydrogens is 354 g/mol. The van der Waals surface area contributed by atoms with Crippen molar-refractivity contribution in [2.75, 3.05) is 6.54 Å². The molecule has 0 spiro atoms. The predicted octanol–water partition coefficient (Wildman–Crippen LogP) is 3.38. The molecule has 1 N–H and O–H groups in total. The Morgan fingerprint density at radius 1 is 1.15 bits per heavy atom. The zero-order chi connectivity index (χ0) is 19.4. The first-order chi connectivity index (χ1) is 13.0. The molecule has 0 radical (unpaired) electrons. The summed E-state index contributed by atoms with van der Waals surface area (Å²) in [6.45, 7) is 2.14. The number of ether oxygens (including phenoxy) is 1. The summed E-state index contributed by atoms with van der Waals surface area (Å²) in [6.07, 6.45) is 1.41. The standard InChI is InChI=1S/C20H20F2N2O3/c1-13(25)24-10-4-6-17(24)20(26)23-12-14-8-9-19(16(22)11-14)27-18-7-3-2-5-15(18)21/h2-3,5,7-9,11,17H,4,6,10,12H2,1H3,(H,23,26)/t17-/m1/s1. The number of para-hydroxylation sites is 1. The number of amides is 2. The Balaban J connectivity index is 1.62. The first kappa shape index (κ1) is 18.8. The average Bonchev–Trinajstić information content (AvgIpc) is 3.13. The van der Waals surface area contributed by atoms with E-state index in [4.69, 9.17) is 4.74 Å². The zero-order valence-electron chi connectivity index (χ0n) is 14.9. The second-order valence-electron chi connectivity index (χ2n) is 6.39. The van der Waals surface area contributed by atoms with Crippen molar-refractivity contribution in [3.63, 3.8) is 0 Å². The van der Waals surface area contributed by atoms with E-state index in [1.54, 1.807) is 17.0 Å². The molecule has 5 nitrogen and oxygen atoms in total. The van der Waals surface area contributed by atoms with E-state index in [9.17, 15) is 18.4 Å². The summed E-state index contributed by atoms with van der Waals surface area (Å²) in [7, 11) is 0. The molecule has 2 aromatic carbocycles. The van der Waals surface area contributed by atoms with Gasteiger partial charge in [-0.1, -0.05) is 18.2 Å². The molecule has 1 aliphatic heterocycles. The van der Waals surface area contributed by atoms with Crippen LogP contribution in [0.15, 0.2) is 42.5 Å². The number of halogens is 2. The van der Waals surface area contributed by atoms with Gasteiger partial charge in [0.05, 0.1) is 0 Å². The largest absolute Gasteiger partial charge is 0.451 e. The van der Waals surface area contributed by atoms with Crippen LogP contribution in [0.1, 0.15) is 25.3 Å². The lowest BCUT2D eigenvalue weighted by Gasteiger charge is -2.22. The third-order valence-electron chi connectivity index (χ3n) is 4.48. The Kier molecular flexibility index (Phi) is 5.69. The number of nitrogens with zero attached hydrogens (tertiary/aromatic N) is 1. The Bertz CT molecular complexity index is 857. The van der Waals surface area contributed by atoms with E-state index < -0.39 is 17.7 Å². The van der Waals surface area contributed by atoms with E-state index in [2.05, 4.69) is 5.32 Å². The fourth-order valence-corrected chi connectivity index (χ4v) is 3.11. The van der Waals surface area contributed by atoms with Crippen molar-refractivity contribution in [1.29, 1.82) is 0 Å². The monoisotopic (exact) mass is 374 g/mol. The Labute approximate surface area is 155 Å². The highest BCUT2D eigenvalue weighted by Gasteiger charge is 2.32. The van der Waals surface area contributed by atoms with Crippen LogP contribution in [0.2, 0.25) is 0 Å². The summed E-state index contributed by atoms with van der Waals surface area (Å²) < 4.78 is 33.1. The lowest BCUT2D eigenvalue weighted by molar-refractivity contribution is -0.136. The van der Waals surface area contributed by atoms with Crippen LogP contribution in [-0.2, 0) is 16.1 Å². The van der Waals surface area contributed by atoms with Crippen LogP contribution in [-0.4, -0.2) is 29.3 Å². The van der Waals surface area contributed by atoms with Crippen LogP contribution in [0.4, 0.5) is 8.78 Å². The highest BCUT2D eigenvalue weighted by molar-refractivity contribution is 5.87. The van der Waals surface area contributed by atoms with Gasteiger partial charge in [0.25, 0.3) is 0 Å². The third-order valence-corrected chi connectivity index (χ3v) is 4.48. The molecule has 27 heavy (non-hydrogen) atoms. The van der Waals surface area contributed by atoms with Gasteiger partial charge >= 0.3 is 0 Å². The fraction of sp³-hybridized carbons (Fsp3) is 0.300. The quantitative estimate of drug-likeness (QED) is 0.873. The van der Waals surface area contributed by atoms with Crippen molar-refractivity contribution in [1.82, 2.24) is 10.2 Å². The molecule has 142 valence electrons. The first-order valence-electron chi connectivity index (χ1n) is 8.71. The van der Waals surface area contributed by atoms with Gasteiger partial charge in [-0.15, -0.1) is 0 Å². The van der Waals surface area contributed by atoms with Gasteiger partial charge in [0.1, 0.15) is 6.04 Å². The van der Waals surface area contributed by atoms with Crippen LogP contribution >= 0.6 is 0 Å². The van der Waals surface area contributed by atoms with Crippen molar-refractivity contribution in [2.24, 2.45) is 0 Å². The molecule has 0 saturated carbocycles. The van der Waals surface area contributed by atoms with Gasteiger partial charge in [-0.3, -0.25) is 9.59 Å². The summed E-state index contributed by atoms with van der Waals surface area (Å²) in [6, 6.07) is 9.48. The Hall–Kier alpha value is -2.96. The minimum atomic E-state index is -0.656. The lowest BCUT2D eigenvalue weighted by Crippen LogP contribution is -2.44. The maximum atomic E-state index is 14.2. The molecule has 2 amide bonds. The minimum absolute atomic E-state index is 0.0667. The number of nitrogens with one attached hydrogen (secondary N) is 1. The van der Waals surface area contributed by atoms with Crippen LogP contribution in [0.25, 0.3) is 0 Å². The van der Waals surface area contributed by atoms with Crippen LogP contribution in [0.5, 0.6) is 11.5 Å². The molecule has 0 aliphatic carbocycles. The maximum Gasteiger partial charge on any atom is 0.243 e. The fourth-order valence-electron chi connectivity index (χ4n) is 3.11. The summed E-state index contributed by atoms with van der Waals surface area (Å²) >= 11 is 0. The highest BCUT2D eigenvalue weighted by atomic mass is 19.1. The van der Waals surface area contributed by atoms with Gasteiger partial charge in [-0.05, 0) is 42.7 Å². The van der Waals surface area contributed by atoms with Gasteiger partial charge in [-0.2, -0.15) is 0 Å². The summed E-state index contributed by atoms with van der Waals surface area (Å²) in [4.78, 5) is 25.4. The van der Waals surface area contributed by atoms with Gasteiger partial charge in [0.15, 0.2) is 23.1 Å². The molecule has 1 saturated heterocycles. The van der Waals surface area contributed by atoms with Crippen molar-refractivity contribution < 1.29 is 23.1 Å². The molecule has 1 aliphatic rings. The average molecular weight is 374 g/mol. The van der Waals surface area contributed by atoms with Crippen molar-refractivity contribution in [2.45, 2.75) is 32.4 Å². The van der Waals surface area contributed by atoms with E-state index >= 15 is 0 Å². The Morgan fingerprint density at radius 3 is 2.59 bits per heavy atom. The maximum absolute atomic E-state index is 14.2. The van der Waals surface area contributed by atoms with Gasteiger partial charge in [0.2, 0.25) is 11.8 Å². The predicted molar refractivity (Wildman–Crippen MR) is 95.1 cm³/mol. The topological polar surface area (TPSA) is 58.6 Å². The normalized spacial score (nSPS) is 16.3. The van der Waals surface area contributed by atoms with E-state index in [1.807, 2.05) is 0 Å². The van der Waals surface area contributed by atoms with E-state index in [1.165, 1.54) is 37.3 Å². The lowest BCUT2D eigenvalue weighted by atomic mass is 10.1. The smallest absolute Gasteiger partial charge is 0.243 e. The number of hydrogen-bond acceptors (Lipinski definition) is 3. The minimum Gasteiger partial charge on any atom is -0.451 e. The molecule has 1 heterocycles. The molecule has 0 bridgehead atoms. The van der Waals surface area contributed by atoms with Gasteiger partial charge < -0.3 is 15.0 Å². The number of carbonyl (C=O) groups excluding carboxylic acids is 2. The Morgan fingerprint density at radius 2 is 1.89 bits per heavy atom. The molecule has 7 heteroatoms. The number of rotatable bonds is 5. The molecule has 3 rings (SSSR count). The van der Waals surface area contributed by atoms with E-state index in [0.29, 0.717) is 18.5 Å². The van der Waals surface area contributed by atoms with E-state index in [-0.39, 0.29) is 29.9 Å². The zero-order valence-corrected chi connectivity index (χ0v) is 14.9. The number of carbonyl (C=O) groups is 2. The van der Waals surface area contributed by atoms with Crippen molar-refractivity contribution in [3.8, 4) is 11.5 Å². The molecular formula is C20H20F2N2O3. The third kappa shape index (κ3) is 4.42. The first-order valence-corrected chi connectivity index (χ1v) is 8.71. The molecule has 2 aromatic rings. The van der Waals surface area contributed by atoms with Crippen molar-refractivity contribution >= 4 is 11.8 Å². The van der Waals surface area contributed by atoms with Crippen LogP contribution in [0, 0.1) is 11.6 Å². The molecule has 1 fully saturated rings. The van der Waals surface area contributed by atoms with Crippen molar-refractivity contribution in [3.05, 3.63) is 59.7 Å². The highest BCUT2D eigenvalue weighted by Crippen LogP contribution is 2.27. The summed E-state index contributed by atoms with van der Waals surface area (Å²) in [5, 5.41) is 2.73. The number of likely N-dealkylation sites (tertiary alicyclic amines) is 1. The summed E-state index contributed by atoms with van der Waals surface area (Å²) in [5.74, 6) is -1.80. The van der Waals surface area contributed by atoms with Crippen LogP contribution < -0.4 is 10.1 Å². The number of benzene rings is 2. The van der Waals surface area contributed by atoms with Gasteiger partial charge in [0, 0.05) is 20.0 Å². The second-order valence-corrected chi connectivity index (χ2v) is 6.39. The number of hydrogen-bond donors (Lipinski definition) is 1.